The molecule has 3 aromatic carbocycles. The summed E-state index contributed by atoms with van der Waals surface area (Å²) >= 11 is 0. The Morgan fingerprint density at radius 2 is 1.70 bits per heavy atom. The molecule has 3 aromatic rings. The third kappa shape index (κ3) is 3.08. The average Bonchev–Trinajstić information content (AvgIpc) is 3.18. The number of pyridine rings is 1. The summed E-state index contributed by atoms with van der Waals surface area (Å²) < 4.78 is 21.8. The van der Waals surface area contributed by atoms with Gasteiger partial charge in [0.15, 0.2) is 0 Å². The van der Waals surface area contributed by atoms with Crippen LogP contribution < -0.4 is 4.74 Å². The van der Waals surface area contributed by atoms with Gasteiger partial charge in [0.1, 0.15) is 23.0 Å². The van der Waals surface area contributed by atoms with E-state index < -0.39 is 0 Å². The van der Waals surface area contributed by atoms with Gasteiger partial charge >= 0.3 is 0 Å². The third-order valence-electron chi connectivity index (χ3n) is 5.43. The quantitative estimate of drug-likeness (QED) is 0.390. The fraction of sp³-hybridized carbons (Fsp3) is 0.120. The van der Waals surface area contributed by atoms with Gasteiger partial charge in [-0.05, 0) is 31.2 Å². The molecule has 0 aromatic heterocycles. The van der Waals surface area contributed by atoms with Crippen LogP contribution in [0.4, 0.5) is 4.39 Å². The number of rotatable bonds is 4. The monoisotopic (exact) mass is 397 g/mol. The molecule has 0 amide bonds. The molecule has 0 fully saturated rings. The van der Waals surface area contributed by atoms with Gasteiger partial charge in [0.05, 0.1) is 19.2 Å². The number of halogens is 1. The van der Waals surface area contributed by atoms with Crippen molar-refractivity contribution in [2.75, 3.05) is 7.11 Å². The Morgan fingerprint density at radius 3 is 2.50 bits per heavy atom. The van der Waals surface area contributed by atoms with Crippen LogP contribution in [0.3, 0.4) is 0 Å². The Labute approximate surface area is 173 Å². The lowest BCUT2D eigenvalue weighted by Gasteiger charge is -2.16. The van der Waals surface area contributed by atoms with Crippen LogP contribution in [0, 0.1) is 12.7 Å². The van der Waals surface area contributed by atoms with Crippen molar-refractivity contribution in [2.45, 2.75) is 13.5 Å². The highest BCUT2D eigenvalue weighted by molar-refractivity contribution is 5.98. The second-order valence-electron chi connectivity index (χ2n) is 7.41. The van der Waals surface area contributed by atoms with Gasteiger partial charge in [0.25, 0.3) is 0 Å². The molecule has 0 bridgehead atoms. The molecule has 0 aliphatic carbocycles. The van der Waals surface area contributed by atoms with Crippen LogP contribution in [0.1, 0.15) is 11.1 Å². The van der Waals surface area contributed by atoms with Gasteiger partial charge in [-0.25, -0.2) is 4.39 Å². The number of hydrogen-bond donors (Lipinski definition) is 0. The van der Waals surface area contributed by atoms with E-state index in [4.69, 9.17) is 4.74 Å². The SMILES string of the molecule is COc1ccccc1Cn1cc2c(-c3ccc(C)cc3)nnc-2c2cc(F)ccc21. The summed E-state index contributed by atoms with van der Waals surface area (Å²) in [6.07, 6.45) is 2.05. The van der Waals surface area contributed by atoms with Crippen LogP contribution in [0.2, 0.25) is 0 Å². The van der Waals surface area contributed by atoms with Gasteiger partial charge in [-0.3, -0.25) is 0 Å². The van der Waals surface area contributed by atoms with Crippen LogP contribution in [-0.2, 0) is 6.54 Å². The van der Waals surface area contributed by atoms with E-state index in [2.05, 4.69) is 40.0 Å². The molecule has 0 saturated carbocycles. The highest BCUT2D eigenvalue weighted by Crippen LogP contribution is 2.37. The lowest BCUT2D eigenvalue weighted by Crippen LogP contribution is -2.05. The number of aromatic nitrogens is 3. The maximum atomic E-state index is 14.1. The number of hydrogen-bond acceptors (Lipinski definition) is 3. The molecule has 5 heteroatoms. The van der Waals surface area contributed by atoms with E-state index in [-0.39, 0.29) is 5.82 Å². The Bertz CT molecular complexity index is 1320. The second-order valence-corrected chi connectivity index (χ2v) is 7.41. The van der Waals surface area contributed by atoms with Crippen molar-refractivity contribution in [3.8, 4) is 28.3 Å². The number of methoxy groups -OCH3 is 1. The number of ether oxygens (including phenoxy) is 1. The first-order valence-electron chi connectivity index (χ1n) is 9.78. The zero-order valence-electron chi connectivity index (χ0n) is 16.8. The molecule has 2 heterocycles. The minimum absolute atomic E-state index is 0.293. The molecular weight excluding hydrogens is 377 g/mol. The Hall–Kier alpha value is -3.73. The number of nitrogens with zero attached hydrogens (tertiary/aromatic N) is 3. The summed E-state index contributed by atoms with van der Waals surface area (Å²) in [7, 11) is 1.67. The van der Waals surface area contributed by atoms with Crippen LogP contribution in [0.5, 0.6) is 5.75 Å². The smallest absolute Gasteiger partial charge is 0.124 e. The minimum atomic E-state index is -0.293. The second kappa shape index (κ2) is 7.26. The number of aryl methyl sites for hydroxylation is 1. The molecule has 0 N–H and O–H groups in total. The first-order chi connectivity index (χ1) is 14.6. The van der Waals surface area contributed by atoms with Crippen molar-refractivity contribution in [1.82, 2.24) is 14.8 Å². The van der Waals surface area contributed by atoms with Gasteiger partial charge in [-0.15, -0.1) is 10.2 Å². The summed E-state index contributed by atoms with van der Waals surface area (Å²) in [5.74, 6) is 0.525. The predicted molar refractivity (Wildman–Crippen MR) is 116 cm³/mol. The maximum absolute atomic E-state index is 14.1. The lowest BCUT2D eigenvalue weighted by molar-refractivity contribution is 0.408. The topological polar surface area (TPSA) is 39.9 Å². The van der Waals surface area contributed by atoms with E-state index in [0.717, 1.165) is 39.0 Å². The van der Waals surface area contributed by atoms with Crippen molar-refractivity contribution in [2.24, 2.45) is 0 Å². The molecule has 0 spiro atoms. The molecule has 2 aliphatic rings. The molecule has 0 saturated heterocycles. The van der Waals surface area contributed by atoms with Crippen LogP contribution in [0.25, 0.3) is 33.4 Å². The molecule has 4 nitrogen and oxygen atoms in total. The van der Waals surface area contributed by atoms with Crippen molar-refractivity contribution in [1.29, 1.82) is 0 Å². The zero-order chi connectivity index (χ0) is 20.7. The maximum Gasteiger partial charge on any atom is 0.124 e. The molecule has 0 atom stereocenters. The molecule has 5 rings (SSSR count). The first-order valence-corrected chi connectivity index (χ1v) is 9.78. The van der Waals surface area contributed by atoms with Gasteiger partial charge in [-0.1, -0.05) is 48.0 Å². The van der Waals surface area contributed by atoms with E-state index >= 15 is 0 Å². The van der Waals surface area contributed by atoms with Crippen molar-refractivity contribution < 1.29 is 9.13 Å². The van der Waals surface area contributed by atoms with Crippen LogP contribution in [-0.4, -0.2) is 21.9 Å². The Balaban J connectivity index is 1.74. The summed E-state index contributed by atoms with van der Waals surface area (Å²) in [6.45, 7) is 2.64. The number of benzene rings is 3. The first kappa shape index (κ1) is 18.3. The van der Waals surface area contributed by atoms with E-state index in [1.54, 1.807) is 13.2 Å². The summed E-state index contributed by atoms with van der Waals surface area (Å²) in [5, 5.41) is 9.60. The summed E-state index contributed by atoms with van der Waals surface area (Å²) in [4.78, 5) is 0. The standard InChI is InChI=1S/C25H20FN3O/c1-16-7-9-17(10-8-16)24-21-15-29(14-18-5-3-4-6-23(18)30-2)22-12-11-19(26)13-20(22)25(21)28-27-24/h3-13,15H,14H2,1-2H3. The minimum Gasteiger partial charge on any atom is -0.496 e. The third-order valence-corrected chi connectivity index (χ3v) is 5.43. The Morgan fingerprint density at radius 1 is 0.933 bits per heavy atom. The van der Waals surface area contributed by atoms with Crippen LogP contribution in [0.15, 0.2) is 72.9 Å². The normalized spacial score (nSPS) is 11.3. The van der Waals surface area contributed by atoms with E-state index in [0.29, 0.717) is 12.2 Å². The molecule has 2 aliphatic heterocycles. The summed E-state index contributed by atoms with van der Waals surface area (Å²) in [6, 6.07) is 20.9. The van der Waals surface area contributed by atoms with E-state index in [1.807, 2.05) is 36.4 Å². The van der Waals surface area contributed by atoms with E-state index in [1.165, 1.54) is 17.7 Å². The highest BCUT2D eigenvalue weighted by atomic mass is 19.1. The molecule has 148 valence electrons. The summed E-state index contributed by atoms with van der Waals surface area (Å²) in [5.41, 5.74) is 6.50. The Kier molecular flexibility index (Phi) is 4.43. The van der Waals surface area contributed by atoms with Crippen molar-refractivity contribution in [3.63, 3.8) is 0 Å². The van der Waals surface area contributed by atoms with Crippen molar-refractivity contribution >= 4 is 10.9 Å². The fourth-order valence-electron chi connectivity index (χ4n) is 3.89. The molecular formula is C25H20FN3O. The lowest BCUT2D eigenvalue weighted by atomic mass is 10.0. The van der Waals surface area contributed by atoms with Crippen molar-refractivity contribution in [3.05, 3.63) is 89.9 Å². The molecule has 0 radical (unpaired) electrons. The number of fused-ring (bicyclic) bond motifs is 3. The van der Waals surface area contributed by atoms with Crippen LogP contribution >= 0.6 is 0 Å². The highest BCUT2D eigenvalue weighted by Gasteiger charge is 2.21. The molecule has 30 heavy (non-hydrogen) atoms. The predicted octanol–water partition coefficient (Wildman–Crippen LogP) is 5.71. The van der Waals surface area contributed by atoms with Gasteiger partial charge in [0.2, 0.25) is 0 Å². The van der Waals surface area contributed by atoms with Gasteiger partial charge in [0, 0.05) is 28.3 Å². The van der Waals surface area contributed by atoms with Gasteiger partial charge < -0.3 is 9.30 Å². The van der Waals surface area contributed by atoms with E-state index in [9.17, 15) is 4.39 Å². The fourth-order valence-corrected chi connectivity index (χ4v) is 3.89. The molecule has 0 unspecified atom stereocenters. The number of para-hydroxylation sites is 1. The van der Waals surface area contributed by atoms with Gasteiger partial charge in [-0.2, -0.15) is 0 Å². The average molecular weight is 397 g/mol. The largest absolute Gasteiger partial charge is 0.496 e. The zero-order valence-corrected chi connectivity index (χ0v) is 16.8.